The topological polar surface area (TPSA) is 56.3 Å². The Morgan fingerprint density at radius 2 is 1.68 bits per heavy atom. The Labute approximate surface area is 165 Å². The Balaban J connectivity index is 1.58. The van der Waals surface area contributed by atoms with Gasteiger partial charge < -0.3 is 14.8 Å². The number of nitrogens with one attached hydrogen (secondary N) is 1. The predicted octanol–water partition coefficient (Wildman–Crippen LogP) is 3.34. The molecule has 0 saturated heterocycles. The van der Waals surface area contributed by atoms with Crippen LogP contribution in [0.1, 0.15) is 28.2 Å². The normalized spacial score (nSPS) is 13.5. The molecule has 3 aromatic rings. The highest BCUT2D eigenvalue weighted by Crippen LogP contribution is 2.24. The Morgan fingerprint density at radius 1 is 0.893 bits per heavy atom. The van der Waals surface area contributed by atoms with Gasteiger partial charge in [-0.25, -0.2) is 4.98 Å². The molecular weight excluding hydrogens is 350 g/mol. The minimum atomic E-state index is 0.478. The lowest BCUT2D eigenvalue weighted by atomic mass is 10.1. The molecule has 0 radical (unpaired) electrons. The zero-order chi connectivity index (χ0) is 19.2. The van der Waals surface area contributed by atoms with Gasteiger partial charge in [-0.3, -0.25) is 0 Å². The number of nitrogens with zero attached hydrogens (tertiary/aromatic N) is 2. The first-order valence-corrected chi connectivity index (χ1v) is 9.71. The molecule has 0 spiro atoms. The zero-order valence-corrected chi connectivity index (χ0v) is 16.1. The summed E-state index contributed by atoms with van der Waals surface area (Å²) in [6.45, 7) is 2.34. The molecule has 1 N–H and O–H groups in total. The van der Waals surface area contributed by atoms with Crippen LogP contribution in [0.4, 0.5) is 0 Å². The second-order valence-electron chi connectivity index (χ2n) is 6.92. The van der Waals surface area contributed by atoms with Crippen LogP contribution in [0.2, 0.25) is 0 Å². The van der Waals surface area contributed by atoms with Crippen molar-refractivity contribution in [2.24, 2.45) is 0 Å². The molecule has 2 aromatic carbocycles. The third-order valence-electron chi connectivity index (χ3n) is 4.93. The molecule has 1 aliphatic rings. The SMILES string of the molecule is COc1ccc(COc2nc(Cc3ccccc3)nc3c2CCNCC3)cc1. The summed E-state index contributed by atoms with van der Waals surface area (Å²) in [6, 6.07) is 18.3. The molecule has 0 amide bonds. The Morgan fingerprint density at radius 3 is 2.46 bits per heavy atom. The van der Waals surface area contributed by atoms with Crippen LogP contribution < -0.4 is 14.8 Å². The van der Waals surface area contributed by atoms with Gasteiger partial charge in [-0.05, 0) is 36.2 Å². The number of ether oxygens (including phenoxy) is 2. The summed E-state index contributed by atoms with van der Waals surface area (Å²) < 4.78 is 11.4. The average molecular weight is 375 g/mol. The van der Waals surface area contributed by atoms with Crippen molar-refractivity contribution < 1.29 is 9.47 Å². The van der Waals surface area contributed by atoms with E-state index in [9.17, 15) is 0 Å². The summed E-state index contributed by atoms with van der Waals surface area (Å²) in [6.07, 6.45) is 2.50. The van der Waals surface area contributed by atoms with E-state index in [-0.39, 0.29) is 0 Å². The van der Waals surface area contributed by atoms with E-state index < -0.39 is 0 Å². The van der Waals surface area contributed by atoms with Gasteiger partial charge in [0.05, 0.1) is 12.8 Å². The molecule has 5 nitrogen and oxygen atoms in total. The van der Waals surface area contributed by atoms with Crippen molar-refractivity contribution in [2.45, 2.75) is 25.9 Å². The molecular formula is C23H25N3O2. The van der Waals surface area contributed by atoms with Crippen molar-refractivity contribution in [3.05, 3.63) is 82.8 Å². The maximum atomic E-state index is 6.18. The molecule has 1 aromatic heterocycles. The highest BCUT2D eigenvalue weighted by atomic mass is 16.5. The third-order valence-corrected chi connectivity index (χ3v) is 4.93. The molecule has 28 heavy (non-hydrogen) atoms. The van der Waals surface area contributed by atoms with Gasteiger partial charge in [-0.1, -0.05) is 42.5 Å². The van der Waals surface area contributed by atoms with Crippen molar-refractivity contribution in [2.75, 3.05) is 20.2 Å². The Kier molecular flexibility index (Phi) is 5.83. The quantitative estimate of drug-likeness (QED) is 0.716. The second-order valence-corrected chi connectivity index (χ2v) is 6.92. The van der Waals surface area contributed by atoms with Crippen LogP contribution in [0, 0.1) is 0 Å². The van der Waals surface area contributed by atoms with Crippen LogP contribution in [0.5, 0.6) is 11.6 Å². The molecule has 0 aliphatic carbocycles. The summed E-state index contributed by atoms with van der Waals surface area (Å²) in [5, 5.41) is 3.44. The number of methoxy groups -OCH3 is 1. The number of aromatic nitrogens is 2. The van der Waals surface area contributed by atoms with Gasteiger partial charge in [0.2, 0.25) is 5.88 Å². The summed E-state index contributed by atoms with van der Waals surface area (Å²) >= 11 is 0. The third kappa shape index (κ3) is 4.49. The molecule has 5 heteroatoms. The first-order valence-electron chi connectivity index (χ1n) is 9.71. The van der Waals surface area contributed by atoms with E-state index in [2.05, 4.69) is 17.4 Å². The van der Waals surface area contributed by atoms with Gasteiger partial charge in [0, 0.05) is 24.9 Å². The summed E-state index contributed by atoms with van der Waals surface area (Å²) in [7, 11) is 1.67. The van der Waals surface area contributed by atoms with Gasteiger partial charge in [0.1, 0.15) is 18.2 Å². The molecule has 1 aliphatic heterocycles. The monoisotopic (exact) mass is 375 g/mol. The van der Waals surface area contributed by atoms with E-state index in [1.54, 1.807) is 7.11 Å². The lowest BCUT2D eigenvalue weighted by Crippen LogP contribution is -2.16. The smallest absolute Gasteiger partial charge is 0.220 e. The van der Waals surface area contributed by atoms with Crippen LogP contribution >= 0.6 is 0 Å². The molecule has 0 saturated carbocycles. The number of benzene rings is 2. The molecule has 2 heterocycles. The lowest BCUT2D eigenvalue weighted by molar-refractivity contribution is 0.288. The van der Waals surface area contributed by atoms with Gasteiger partial charge in [0.15, 0.2) is 0 Å². The summed E-state index contributed by atoms with van der Waals surface area (Å²) in [4.78, 5) is 9.65. The van der Waals surface area contributed by atoms with E-state index in [0.29, 0.717) is 13.0 Å². The van der Waals surface area contributed by atoms with Crippen LogP contribution in [0.15, 0.2) is 54.6 Å². The summed E-state index contributed by atoms with van der Waals surface area (Å²) in [5.41, 5.74) is 4.53. The predicted molar refractivity (Wildman–Crippen MR) is 109 cm³/mol. The van der Waals surface area contributed by atoms with Crippen molar-refractivity contribution in [1.82, 2.24) is 15.3 Å². The number of fused-ring (bicyclic) bond motifs is 1. The van der Waals surface area contributed by atoms with E-state index in [4.69, 9.17) is 19.4 Å². The molecule has 144 valence electrons. The average Bonchev–Trinajstić information content (AvgIpc) is 2.99. The van der Waals surface area contributed by atoms with Crippen LogP contribution in [0.3, 0.4) is 0 Å². The maximum Gasteiger partial charge on any atom is 0.220 e. The molecule has 0 unspecified atom stereocenters. The minimum absolute atomic E-state index is 0.478. The lowest BCUT2D eigenvalue weighted by Gasteiger charge is -2.14. The van der Waals surface area contributed by atoms with Crippen LogP contribution in [0.25, 0.3) is 0 Å². The highest BCUT2D eigenvalue weighted by molar-refractivity contribution is 5.34. The fourth-order valence-corrected chi connectivity index (χ4v) is 3.41. The minimum Gasteiger partial charge on any atom is -0.497 e. The zero-order valence-electron chi connectivity index (χ0n) is 16.1. The molecule has 0 bridgehead atoms. The van der Waals surface area contributed by atoms with Crippen LogP contribution in [-0.2, 0) is 25.9 Å². The van der Waals surface area contributed by atoms with Crippen molar-refractivity contribution in [3.8, 4) is 11.6 Å². The fourth-order valence-electron chi connectivity index (χ4n) is 3.41. The number of hydrogen-bond donors (Lipinski definition) is 1. The Hall–Kier alpha value is -2.92. The summed E-state index contributed by atoms with van der Waals surface area (Å²) in [5.74, 6) is 2.38. The second kappa shape index (κ2) is 8.85. The van der Waals surface area contributed by atoms with Crippen LogP contribution in [-0.4, -0.2) is 30.2 Å². The highest BCUT2D eigenvalue weighted by Gasteiger charge is 2.18. The fraction of sp³-hybridized carbons (Fsp3) is 0.304. The largest absolute Gasteiger partial charge is 0.497 e. The van der Waals surface area contributed by atoms with Crippen molar-refractivity contribution in [1.29, 1.82) is 0 Å². The first-order chi connectivity index (χ1) is 13.8. The van der Waals surface area contributed by atoms with E-state index >= 15 is 0 Å². The van der Waals surface area contributed by atoms with Gasteiger partial charge >= 0.3 is 0 Å². The number of hydrogen-bond acceptors (Lipinski definition) is 5. The first kappa shape index (κ1) is 18.4. The Bertz CT molecular complexity index is 911. The van der Waals surface area contributed by atoms with Gasteiger partial charge in [-0.15, -0.1) is 0 Å². The molecule has 0 fully saturated rings. The van der Waals surface area contributed by atoms with E-state index in [0.717, 1.165) is 60.2 Å². The van der Waals surface area contributed by atoms with Crippen molar-refractivity contribution in [3.63, 3.8) is 0 Å². The van der Waals surface area contributed by atoms with Crippen molar-refractivity contribution >= 4 is 0 Å². The van der Waals surface area contributed by atoms with Gasteiger partial charge in [-0.2, -0.15) is 4.98 Å². The number of rotatable bonds is 6. The molecule has 4 rings (SSSR count). The van der Waals surface area contributed by atoms with Gasteiger partial charge in [0.25, 0.3) is 0 Å². The maximum absolute atomic E-state index is 6.18. The van der Waals surface area contributed by atoms with E-state index in [1.165, 1.54) is 5.56 Å². The standard InChI is InChI=1S/C23H25N3O2/c1-27-19-9-7-18(8-10-19)16-28-23-20-11-13-24-14-12-21(20)25-22(26-23)15-17-5-3-2-4-6-17/h2-10,24H,11-16H2,1H3. The van der Waals surface area contributed by atoms with E-state index in [1.807, 2.05) is 42.5 Å². The molecule has 0 atom stereocenters.